The Morgan fingerprint density at radius 2 is 2.27 bits per heavy atom. The summed E-state index contributed by atoms with van der Waals surface area (Å²) in [4.78, 5) is 10.8. The number of alkyl halides is 1. The summed E-state index contributed by atoms with van der Waals surface area (Å²) in [7, 11) is 1.43. The Balaban J connectivity index is 3.05. The largest absolute Gasteiger partial charge is 0.508 e. The second-order valence-electron chi connectivity index (χ2n) is 3.02. The molecule has 0 aliphatic rings. The van der Waals surface area contributed by atoms with E-state index in [1.165, 1.54) is 13.2 Å². The van der Waals surface area contributed by atoms with Crippen LogP contribution in [0.15, 0.2) is 12.1 Å². The number of benzene rings is 1. The molecule has 0 aromatic heterocycles. The van der Waals surface area contributed by atoms with Crippen LogP contribution in [0, 0.1) is 6.92 Å². The highest BCUT2D eigenvalue weighted by atomic mass is 19.1. The van der Waals surface area contributed by atoms with Gasteiger partial charge in [-0.25, -0.2) is 4.39 Å². The highest BCUT2D eigenvalue weighted by molar-refractivity contribution is 5.93. The third-order valence-corrected chi connectivity index (χ3v) is 1.91. The molecule has 4 nitrogen and oxygen atoms in total. The average Bonchev–Trinajstić information content (AvgIpc) is 2.22. The molecule has 1 aromatic rings. The number of ether oxygens (including phenoxy) is 1. The van der Waals surface area contributed by atoms with Crippen molar-refractivity contribution in [2.75, 3.05) is 19.1 Å². The van der Waals surface area contributed by atoms with E-state index in [9.17, 15) is 14.3 Å². The van der Waals surface area contributed by atoms with Crippen LogP contribution in [0.4, 0.5) is 10.1 Å². The molecule has 0 unspecified atom stereocenters. The molecule has 1 amide bonds. The van der Waals surface area contributed by atoms with Crippen LogP contribution in [0.25, 0.3) is 0 Å². The number of phenolic OH excluding ortho intramolecular Hbond substituents is 1. The van der Waals surface area contributed by atoms with Crippen molar-refractivity contribution in [2.24, 2.45) is 0 Å². The molecule has 0 saturated carbocycles. The van der Waals surface area contributed by atoms with E-state index in [4.69, 9.17) is 4.74 Å². The lowest BCUT2D eigenvalue weighted by Crippen LogP contribution is -2.13. The number of hydrogen-bond acceptors (Lipinski definition) is 3. The van der Waals surface area contributed by atoms with E-state index >= 15 is 0 Å². The molecule has 0 atom stereocenters. The van der Waals surface area contributed by atoms with Crippen molar-refractivity contribution in [3.8, 4) is 11.5 Å². The lowest BCUT2D eigenvalue weighted by molar-refractivity contribution is -0.117. The van der Waals surface area contributed by atoms with Gasteiger partial charge in [-0.3, -0.25) is 4.79 Å². The highest BCUT2D eigenvalue weighted by Gasteiger charge is 2.10. The predicted octanol–water partition coefficient (Wildman–Crippen LogP) is 1.62. The number of halogens is 1. The lowest BCUT2D eigenvalue weighted by Gasteiger charge is -2.11. The first-order chi connectivity index (χ1) is 7.08. The summed E-state index contributed by atoms with van der Waals surface area (Å²) >= 11 is 0. The molecule has 0 radical (unpaired) electrons. The Kier molecular flexibility index (Phi) is 3.49. The number of amides is 1. The van der Waals surface area contributed by atoms with E-state index in [0.717, 1.165) is 0 Å². The van der Waals surface area contributed by atoms with E-state index < -0.39 is 12.6 Å². The lowest BCUT2D eigenvalue weighted by atomic mass is 10.2. The second kappa shape index (κ2) is 4.63. The summed E-state index contributed by atoms with van der Waals surface area (Å²) in [5.74, 6) is -0.381. The molecule has 0 bridgehead atoms. The van der Waals surface area contributed by atoms with Crippen LogP contribution in [-0.2, 0) is 4.79 Å². The fourth-order valence-electron chi connectivity index (χ4n) is 1.12. The maximum absolute atomic E-state index is 12.0. The van der Waals surface area contributed by atoms with E-state index in [0.29, 0.717) is 11.3 Å². The number of rotatable bonds is 3. The normalized spacial score (nSPS) is 9.80. The molecule has 0 saturated heterocycles. The van der Waals surface area contributed by atoms with Crippen LogP contribution < -0.4 is 10.1 Å². The molecular formula is C10H12FNO3. The van der Waals surface area contributed by atoms with E-state index in [1.807, 2.05) is 0 Å². The first-order valence-corrected chi connectivity index (χ1v) is 4.32. The van der Waals surface area contributed by atoms with Crippen molar-refractivity contribution >= 4 is 11.6 Å². The van der Waals surface area contributed by atoms with Crippen LogP contribution >= 0.6 is 0 Å². The first-order valence-electron chi connectivity index (χ1n) is 4.32. The zero-order valence-electron chi connectivity index (χ0n) is 8.50. The van der Waals surface area contributed by atoms with Gasteiger partial charge < -0.3 is 15.2 Å². The van der Waals surface area contributed by atoms with Crippen molar-refractivity contribution in [2.45, 2.75) is 6.92 Å². The number of carbonyl (C=O) groups excluding carboxylic acids is 1. The molecule has 5 heteroatoms. The summed E-state index contributed by atoms with van der Waals surface area (Å²) < 4.78 is 17.0. The van der Waals surface area contributed by atoms with Gasteiger partial charge in [0.2, 0.25) is 0 Å². The molecule has 0 heterocycles. The molecule has 1 aromatic carbocycles. The molecule has 0 spiro atoms. The minimum absolute atomic E-state index is 0.0185. The minimum atomic E-state index is -1.11. The van der Waals surface area contributed by atoms with Crippen molar-refractivity contribution < 1.29 is 19.0 Å². The number of anilines is 1. The number of carbonyl (C=O) groups is 1. The molecule has 0 aliphatic carbocycles. The van der Waals surface area contributed by atoms with Crippen LogP contribution in [0.3, 0.4) is 0 Å². The number of nitrogens with one attached hydrogen (secondary N) is 1. The Morgan fingerprint density at radius 3 is 2.80 bits per heavy atom. The van der Waals surface area contributed by atoms with Gasteiger partial charge in [0, 0.05) is 6.07 Å². The molecular weight excluding hydrogens is 201 g/mol. The molecule has 0 fully saturated rings. The van der Waals surface area contributed by atoms with Crippen LogP contribution in [0.2, 0.25) is 0 Å². The standard InChI is InChI=1S/C10H12FNO3/c1-6-3-9(15-2)7(4-8(6)13)12-10(14)5-11/h3-4,13H,5H2,1-2H3,(H,12,14). The van der Waals surface area contributed by atoms with Crippen molar-refractivity contribution in [3.05, 3.63) is 17.7 Å². The monoisotopic (exact) mass is 213 g/mol. The summed E-state index contributed by atoms with van der Waals surface area (Å²) in [5, 5.41) is 11.7. The number of hydrogen-bond donors (Lipinski definition) is 2. The van der Waals surface area contributed by atoms with E-state index in [-0.39, 0.29) is 11.4 Å². The van der Waals surface area contributed by atoms with Crippen molar-refractivity contribution in [3.63, 3.8) is 0 Å². The third kappa shape index (κ3) is 2.59. The molecule has 82 valence electrons. The van der Waals surface area contributed by atoms with Gasteiger partial charge in [-0.1, -0.05) is 0 Å². The topological polar surface area (TPSA) is 58.6 Å². The summed E-state index contributed by atoms with van der Waals surface area (Å²) in [6.07, 6.45) is 0. The number of methoxy groups -OCH3 is 1. The highest BCUT2D eigenvalue weighted by Crippen LogP contribution is 2.31. The SMILES string of the molecule is COc1cc(C)c(O)cc1NC(=O)CF. The maximum Gasteiger partial charge on any atom is 0.255 e. The molecule has 1 rings (SSSR count). The van der Waals surface area contributed by atoms with Crippen molar-refractivity contribution in [1.29, 1.82) is 0 Å². The van der Waals surface area contributed by atoms with Gasteiger partial charge in [-0.2, -0.15) is 0 Å². The molecule has 0 aliphatic heterocycles. The van der Waals surface area contributed by atoms with Crippen LogP contribution in [0.1, 0.15) is 5.56 Å². The number of phenols is 1. The van der Waals surface area contributed by atoms with Gasteiger partial charge in [0.05, 0.1) is 12.8 Å². The quantitative estimate of drug-likeness (QED) is 0.802. The summed E-state index contributed by atoms with van der Waals surface area (Å²) in [6.45, 7) is 0.580. The Morgan fingerprint density at radius 1 is 1.60 bits per heavy atom. The van der Waals surface area contributed by atoms with Gasteiger partial charge in [0.15, 0.2) is 6.67 Å². The fraction of sp³-hybridized carbons (Fsp3) is 0.300. The summed E-state index contributed by atoms with van der Waals surface area (Å²) in [5.41, 5.74) is 0.869. The van der Waals surface area contributed by atoms with Gasteiger partial charge in [-0.05, 0) is 18.6 Å². The van der Waals surface area contributed by atoms with Gasteiger partial charge >= 0.3 is 0 Å². The zero-order valence-corrected chi connectivity index (χ0v) is 8.50. The number of aromatic hydroxyl groups is 1. The average molecular weight is 213 g/mol. The number of aryl methyl sites for hydroxylation is 1. The van der Waals surface area contributed by atoms with Gasteiger partial charge in [0.1, 0.15) is 11.5 Å². The van der Waals surface area contributed by atoms with Crippen LogP contribution in [-0.4, -0.2) is 24.8 Å². The Bertz CT molecular complexity index is 379. The predicted molar refractivity (Wildman–Crippen MR) is 54.0 cm³/mol. The maximum atomic E-state index is 12.0. The smallest absolute Gasteiger partial charge is 0.255 e. The molecule has 2 N–H and O–H groups in total. The Hall–Kier alpha value is -1.78. The Labute approximate surface area is 86.7 Å². The fourth-order valence-corrected chi connectivity index (χ4v) is 1.12. The van der Waals surface area contributed by atoms with E-state index in [2.05, 4.69) is 5.32 Å². The van der Waals surface area contributed by atoms with E-state index in [1.54, 1.807) is 13.0 Å². The van der Waals surface area contributed by atoms with Crippen molar-refractivity contribution in [1.82, 2.24) is 0 Å². The summed E-state index contributed by atoms with van der Waals surface area (Å²) in [6, 6.07) is 2.88. The second-order valence-corrected chi connectivity index (χ2v) is 3.02. The van der Waals surface area contributed by atoms with Gasteiger partial charge in [0.25, 0.3) is 5.91 Å². The third-order valence-electron chi connectivity index (χ3n) is 1.91. The van der Waals surface area contributed by atoms with Crippen LogP contribution in [0.5, 0.6) is 11.5 Å². The first kappa shape index (κ1) is 11.3. The molecule has 15 heavy (non-hydrogen) atoms. The minimum Gasteiger partial charge on any atom is -0.508 e. The van der Waals surface area contributed by atoms with Gasteiger partial charge in [-0.15, -0.1) is 0 Å². The zero-order chi connectivity index (χ0) is 11.4.